The maximum atomic E-state index is 13.0. The quantitative estimate of drug-likeness (QED) is 0.593. The third-order valence-electron chi connectivity index (χ3n) is 5.15. The van der Waals surface area contributed by atoms with Gasteiger partial charge in [-0.1, -0.05) is 19.1 Å². The van der Waals surface area contributed by atoms with Crippen molar-refractivity contribution in [2.45, 2.75) is 20.3 Å². The number of benzene rings is 3. The summed E-state index contributed by atoms with van der Waals surface area (Å²) in [5.41, 5.74) is 3.06. The first-order valence-electron chi connectivity index (χ1n) is 10.2. The Bertz CT molecular complexity index is 1170. The molecule has 0 saturated heterocycles. The van der Waals surface area contributed by atoms with Crippen molar-refractivity contribution in [3.63, 3.8) is 0 Å². The second-order valence-electron chi connectivity index (χ2n) is 7.14. The number of anilines is 2. The van der Waals surface area contributed by atoms with E-state index in [4.69, 9.17) is 4.74 Å². The summed E-state index contributed by atoms with van der Waals surface area (Å²) < 4.78 is 5.41. The molecule has 3 amide bonds. The van der Waals surface area contributed by atoms with Crippen molar-refractivity contribution in [3.05, 3.63) is 89.0 Å². The molecule has 0 saturated carbocycles. The fourth-order valence-electron chi connectivity index (χ4n) is 3.55. The van der Waals surface area contributed by atoms with E-state index in [1.54, 1.807) is 30.3 Å². The SMILES string of the molecule is CCOc1ccc(N2C(=O)c3ccc(C(=O)Nc4cccc(CC)c4)cc3C2=O)cc1. The average molecular weight is 414 g/mol. The molecule has 0 bridgehead atoms. The third kappa shape index (κ3) is 3.92. The van der Waals surface area contributed by atoms with Gasteiger partial charge in [-0.3, -0.25) is 14.4 Å². The van der Waals surface area contributed by atoms with E-state index in [0.717, 1.165) is 16.9 Å². The van der Waals surface area contributed by atoms with Crippen LogP contribution in [0.2, 0.25) is 0 Å². The van der Waals surface area contributed by atoms with E-state index in [9.17, 15) is 14.4 Å². The first-order valence-corrected chi connectivity index (χ1v) is 10.2. The number of rotatable bonds is 6. The van der Waals surface area contributed by atoms with E-state index in [2.05, 4.69) is 5.32 Å². The highest BCUT2D eigenvalue weighted by Gasteiger charge is 2.37. The van der Waals surface area contributed by atoms with Gasteiger partial charge in [-0.2, -0.15) is 0 Å². The van der Waals surface area contributed by atoms with Crippen LogP contribution in [0.3, 0.4) is 0 Å². The summed E-state index contributed by atoms with van der Waals surface area (Å²) in [5, 5.41) is 2.85. The predicted molar refractivity (Wildman–Crippen MR) is 119 cm³/mol. The number of nitrogens with one attached hydrogen (secondary N) is 1. The van der Waals surface area contributed by atoms with Crippen LogP contribution in [0.5, 0.6) is 5.75 Å². The molecule has 0 aromatic heterocycles. The van der Waals surface area contributed by atoms with Crippen LogP contribution < -0.4 is 15.0 Å². The number of hydrogen-bond donors (Lipinski definition) is 1. The summed E-state index contributed by atoms with van der Waals surface area (Å²) in [6.07, 6.45) is 0.862. The van der Waals surface area contributed by atoms with Crippen molar-refractivity contribution < 1.29 is 19.1 Å². The molecule has 0 fully saturated rings. The number of fused-ring (bicyclic) bond motifs is 1. The number of carbonyl (C=O) groups is 3. The summed E-state index contributed by atoms with van der Waals surface area (Å²) in [7, 11) is 0. The molecule has 3 aromatic rings. The van der Waals surface area contributed by atoms with Gasteiger partial charge in [-0.15, -0.1) is 0 Å². The number of ether oxygens (including phenoxy) is 1. The summed E-state index contributed by atoms with van der Waals surface area (Å²) >= 11 is 0. The minimum atomic E-state index is -0.452. The Balaban J connectivity index is 1.58. The number of hydrogen-bond acceptors (Lipinski definition) is 4. The van der Waals surface area contributed by atoms with Gasteiger partial charge in [0.15, 0.2) is 0 Å². The normalized spacial score (nSPS) is 12.6. The predicted octanol–water partition coefficient (Wildman–Crippen LogP) is 4.70. The molecule has 31 heavy (non-hydrogen) atoms. The van der Waals surface area contributed by atoms with Crippen LogP contribution in [0.1, 0.15) is 50.5 Å². The van der Waals surface area contributed by atoms with E-state index in [1.807, 2.05) is 38.1 Å². The Labute approximate surface area is 180 Å². The minimum absolute atomic E-state index is 0.217. The zero-order valence-electron chi connectivity index (χ0n) is 17.3. The molecule has 0 atom stereocenters. The van der Waals surface area contributed by atoms with Crippen molar-refractivity contribution >= 4 is 29.1 Å². The highest BCUT2D eigenvalue weighted by molar-refractivity contribution is 6.34. The van der Waals surface area contributed by atoms with Gasteiger partial charge in [0.1, 0.15) is 5.75 Å². The van der Waals surface area contributed by atoms with Gasteiger partial charge in [0.25, 0.3) is 17.7 Å². The van der Waals surface area contributed by atoms with Crippen LogP contribution in [0.15, 0.2) is 66.7 Å². The van der Waals surface area contributed by atoms with E-state index < -0.39 is 11.8 Å². The number of amides is 3. The number of imide groups is 1. The van der Waals surface area contributed by atoms with Gasteiger partial charge < -0.3 is 10.1 Å². The fourth-order valence-corrected chi connectivity index (χ4v) is 3.55. The monoisotopic (exact) mass is 414 g/mol. The number of carbonyl (C=O) groups excluding carboxylic acids is 3. The molecule has 6 nitrogen and oxygen atoms in total. The smallest absolute Gasteiger partial charge is 0.266 e. The summed E-state index contributed by atoms with van der Waals surface area (Å²) in [4.78, 5) is 39.6. The zero-order chi connectivity index (χ0) is 22.0. The number of aryl methyl sites for hydroxylation is 1. The van der Waals surface area contributed by atoms with Gasteiger partial charge in [-0.05, 0) is 73.5 Å². The highest BCUT2D eigenvalue weighted by atomic mass is 16.5. The molecule has 0 spiro atoms. The van der Waals surface area contributed by atoms with Gasteiger partial charge in [0.05, 0.1) is 23.4 Å². The second kappa shape index (κ2) is 8.44. The van der Waals surface area contributed by atoms with Gasteiger partial charge >= 0.3 is 0 Å². The lowest BCUT2D eigenvalue weighted by atomic mass is 10.1. The van der Waals surface area contributed by atoms with Crippen molar-refractivity contribution in [2.24, 2.45) is 0 Å². The molecule has 1 aliphatic rings. The highest BCUT2D eigenvalue weighted by Crippen LogP contribution is 2.30. The number of nitrogens with zero attached hydrogens (tertiary/aromatic N) is 1. The maximum Gasteiger partial charge on any atom is 0.266 e. The van der Waals surface area contributed by atoms with Crippen LogP contribution in [-0.4, -0.2) is 24.3 Å². The van der Waals surface area contributed by atoms with Crippen LogP contribution in [0, 0.1) is 0 Å². The van der Waals surface area contributed by atoms with E-state index in [-0.39, 0.29) is 17.0 Å². The lowest BCUT2D eigenvalue weighted by Crippen LogP contribution is -2.29. The molecule has 3 aromatic carbocycles. The molecule has 1 heterocycles. The topological polar surface area (TPSA) is 75.7 Å². The lowest BCUT2D eigenvalue weighted by molar-refractivity contribution is 0.0925. The molecule has 6 heteroatoms. The molecule has 1 N–H and O–H groups in total. The Morgan fingerprint density at radius 3 is 2.35 bits per heavy atom. The van der Waals surface area contributed by atoms with E-state index >= 15 is 0 Å². The van der Waals surface area contributed by atoms with Crippen LogP contribution in [0.4, 0.5) is 11.4 Å². The summed E-state index contributed by atoms with van der Waals surface area (Å²) in [6.45, 7) is 4.45. The maximum absolute atomic E-state index is 13.0. The molecule has 156 valence electrons. The molecular formula is C25H22N2O4. The first kappa shape index (κ1) is 20.3. The van der Waals surface area contributed by atoms with E-state index in [0.29, 0.717) is 29.3 Å². The lowest BCUT2D eigenvalue weighted by Gasteiger charge is -2.14. The molecule has 1 aliphatic heterocycles. The molecule has 0 radical (unpaired) electrons. The van der Waals surface area contributed by atoms with Crippen molar-refractivity contribution in [1.29, 1.82) is 0 Å². The minimum Gasteiger partial charge on any atom is -0.494 e. The molecule has 0 aliphatic carbocycles. The fraction of sp³-hybridized carbons (Fsp3) is 0.160. The molecular weight excluding hydrogens is 392 g/mol. The summed E-state index contributed by atoms with van der Waals surface area (Å²) in [6, 6.07) is 18.9. The Morgan fingerprint density at radius 2 is 1.65 bits per heavy atom. The standard InChI is InChI=1S/C25H22N2O4/c1-3-16-6-5-7-18(14-16)26-23(28)17-8-13-21-22(15-17)25(30)27(24(21)29)19-9-11-20(12-10-19)31-4-2/h5-15H,3-4H2,1-2H3,(H,26,28). The largest absolute Gasteiger partial charge is 0.494 e. The Morgan fingerprint density at radius 1 is 0.903 bits per heavy atom. The van der Waals surface area contributed by atoms with Gasteiger partial charge in [0.2, 0.25) is 0 Å². The van der Waals surface area contributed by atoms with Crippen LogP contribution in [-0.2, 0) is 6.42 Å². The molecule has 0 unspecified atom stereocenters. The van der Waals surface area contributed by atoms with Crippen molar-refractivity contribution in [2.75, 3.05) is 16.8 Å². The Kier molecular flexibility index (Phi) is 5.54. The third-order valence-corrected chi connectivity index (χ3v) is 5.15. The molecule has 4 rings (SSSR count). The van der Waals surface area contributed by atoms with Crippen molar-refractivity contribution in [3.8, 4) is 5.75 Å². The van der Waals surface area contributed by atoms with Crippen molar-refractivity contribution in [1.82, 2.24) is 0 Å². The zero-order valence-corrected chi connectivity index (χ0v) is 17.3. The van der Waals surface area contributed by atoms with Gasteiger partial charge in [-0.25, -0.2) is 4.90 Å². The van der Waals surface area contributed by atoms with Gasteiger partial charge in [0, 0.05) is 11.3 Å². The first-order chi connectivity index (χ1) is 15.0. The summed E-state index contributed by atoms with van der Waals surface area (Å²) in [5.74, 6) is -0.539. The second-order valence-corrected chi connectivity index (χ2v) is 7.14. The average Bonchev–Trinajstić information content (AvgIpc) is 3.04. The Hall–Kier alpha value is -3.93. The van der Waals surface area contributed by atoms with Crippen LogP contribution in [0.25, 0.3) is 0 Å². The van der Waals surface area contributed by atoms with E-state index in [1.165, 1.54) is 12.1 Å². The van der Waals surface area contributed by atoms with Crippen LogP contribution >= 0.6 is 0 Å².